The Labute approximate surface area is 197 Å². The molecule has 1 unspecified atom stereocenters. The van der Waals surface area contributed by atoms with Crippen LogP contribution in [0.5, 0.6) is 0 Å². The summed E-state index contributed by atoms with van der Waals surface area (Å²) in [5.41, 5.74) is 2.76. The first-order valence-corrected chi connectivity index (χ1v) is 12.0. The van der Waals surface area contributed by atoms with Crippen LogP contribution in [0.3, 0.4) is 0 Å². The highest BCUT2D eigenvalue weighted by Gasteiger charge is 2.29. The standard InChI is InChI=1S/C25H40N4O4/c1-17(2)33-15-7-12-26-25(32)21-10-13-29(14-11-21)20(5)24(31)27-16-22(30)28-23-18(3)8-6-9-19(23)4/h6,8-9,17,20-21H,7,10-16H2,1-5H3,(H,26,32)(H,27,31)(H,28,30). The fourth-order valence-corrected chi connectivity index (χ4v) is 3.97. The molecular formula is C25H40N4O4. The second-order valence-corrected chi connectivity index (χ2v) is 9.08. The lowest BCUT2D eigenvalue weighted by molar-refractivity contribution is -0.130. The highest BCUT2D eigenvalue weighted by atomic mass is 16.5. The van der Waals surface area contributed by atoms with Gasteiger partial charge in [0.05, 0.1) is 18.7 Å². The van der Waals surface area contributed by atoms with Crippen molar-refractivity contribution in [3.63, 3.8) is 0 Å². The molecule has 0 spiro atoms. The van der Waals surface area contributed by atoms with Gasteiger partial charge in [0.15, 0.2) is 0 Å². The van der Waals surface area contributed by atoms with E-state index in [9.17, 15) is 14.4 Å². The van der Waals surface area contributed by atoms with E-state index in [1.54, 1.807) is 0 Å². The molecule has 1 fully saturated rings. The van der Waals surface area contributed by atoms with Crippen LogP contribution < -0.4 is 16.0 Å². The largest absolute Gasteiger partial charge is 0.379 e. The molecule has 1 aliphatic heterocycles. The Balaban J connectivity index is 1.68. The van der Waals surface area contributed by atoms with E-state index in [4.69, 9.17) is 4.74 Å². The third-order valence-electron chi connectivity index (χ3n) is 6.07. The van der Waals surface area contributed by atoms with Crippen molar-refractivity contribution in [1.82, 2.24) is 15.5 Å². The molecule has 0 aromatic heterocycles. The van der Waals surface area contributed by atoms with E-state index in [-0.39, 0.29) is 42.3 Å². The lowest BCUT2D eigenvalue weighted by Gasteiger charge is -2.34. The zero-order valence-corrected chi connectivity index (χ0v) is 20.7. The monoisotopic (exact) mass is 460 g/mol. The van der Waals surface area contributed by atoms with Crippen LogP contribution in [0.2, 0.25) is 0 Å². The maximum absolute atomic E-state index is 12.6. The van der Waals surface area contributed by atoms with Crippen molar-refractivity contribution < 1.29 is 19.1 Å². The molecule has 0 saturated carbocycles. The molecule has 1 aromatic rings. The van der Waals surface area contributed by atoms with Crippen LogP contribution in [0.15, 0.2) is 18.2 Å². The second kappa shape index (κ2) is 13.3. The number of piperidine rings is 1. The van der Waals surface area contributed by atoms with Gasteiger partial charge in [0.1, 0.15) is 0 Å². The first kappa shape index (κ1) is 26.8. The van der Waals surface area contributed by atoms with E-state index in [0.717, 1.165) is 36.1 Å². The first-order chi connectivity index (χ1) is 15.7. The van der Waals surface area contributed by atoms with Gasteiger partial charge in [-0.05, 0) is 78.1 Å². The van der Waals surface area contributed by atoms with Crippen LogP contribution in [0, 0.1) is 19.8 Å². The number of hydrogen-bond acceptors (Lipinski definition) is 5. The average molecular weight is 461 g/mol. The number of ether oxygens (including phenoxy) is 1. The Morgan fingerprint density at radius 1 is 1.06 bits per heavy atom. The van der Waals surface area contributed by atoms with Gasteiger partial charge in [-0.2, -0.15) is 0 Å². The van der Waals surface area contributed by atoms with E-state index in [1.807, 2.05) is 52.8 Å². The fraction of sp³-hybridized carbons (Fsp3) is 0.640. The summed E-state index contributed by atoms with van der Waals surface area (Å²) in [5, 5.41) is 8.61. The number of amides is 3. The maximum Gasteiger partial charge on any atom is 0.243 e. The number of anilines is 1. The normalized spacial score (nSPS) is 15.8. The average Bonchev–Trinajstić information content (AvgIpc) is 2.79. The van der Waals surface area contributed by atoms with Gasteiger partial charge in [-0.25, -0.2) is 0 Å². The summed E-state index contributed by atoms with van der Waals surface area (Å²) in [6.07, 6.45) is 2.45. The minimum Gasteiger partial charge on any atom is -0.379 e. The number of para-hydroxylation sites is 1. The molecule has 0 aliphatic carbocycles. The molecular weight excluding hydrogens is 420 g/mol. The quantitative estimate of drug-likeness (QED) is 0.441. The number of carbonyl (C=O) groups excluding carboxylic acids is 3. The lowest BCUT2D eigenvalue weighted by atomic mass is 9.95. The van der Waals surface area contributed by atoms with Gasteiger partial charge >= 0.3 is 0 Å². The van der Waals surface area contributed by atoms with Crippen molar-refractivity contribution >= 4 is 23.4 Å². The summed E-state index contributed by atoms with van der Waals surface area (Å²) >= 11 is 0. The van der Waals surface area contributed by atoms with Crippen LogP contribution in [0.4, 0.5) is 5.69 Å². The van der Waals surface area contributed by atoms with E-state index in [2.05, 4.69) is 20.9 Å². The first-order valence-electron chi connectivity index (χ1n) is 12.0. The van der Waals surface area contributed by atoms with Gasteiger partial charge < -0.3 is 20.7 Å². The van der Waals surface area contributed by atoms with Crippen molar-refractivity contribution in [2.75, 3.05) is 38.1 Å². The molecule has 1 saturated heterocycles. The SMILES string of the molecule is Cc1cccc(C)c1NC(=O)CNC(=O)C(C)N1CCC(C(=O)NCCCOC(C)C)CC1. The molecule has 1 heterocycles. The zero-order chi connectivity index (χ0) is 24.4. The van der Waals surface area contributed by atoms with Crippen molar-refractivity contribution in [1.29, 1.82) is 0 Å². The van der Waals surface area contributed by atoms with Crippen molar-refractivity contribution in [3.8, 4) is 0 Å². The van der Waals surface area contributed by atoms with Crippen LogP contribution in [-0.4, -0.2) is 67.6 Å². The Hall–Kier alpha value is -2.45. The molecule has 0 radical (unpaired) electrons. The predicted octanol–water partition coefficient (Wildman–Crippen LogP) is 2.39. The van der Waals surface area contributed by atoms with Crippen LogP contribution in [-0.2, 0) is 19.1 Å². The summed E-state index contributed by atoms with van der Waals surface area (Å²) in [4.78, 5) is 39.3. The number of aryl methyl sites for hydroxylation is 2. The third-order valence-corrected chi connectivity index (χ3v) is 6.07. The molecule has 8 nitrogen and oxygen atoms in total. The highest BCUT2D eigenvalue weighted by Crippen LogP contribution is 2.20. The van der Waals surface area contributed by atoms with E-state index >= 15 is 0 Å². The molecule has 1 aromatic carbocycles. The Kier molecular flexibility index (Phi) is 10.8. The topological polar surface area (TPSA) is 99.8 Å². The summed E-state index contributed by atoms with van der Waals surface area (Å²) in [6, 6.07) is 5.47. The minimum absolute atomic E-state index is 0.0225. The minimum atomic E-state index is -0.352. The summed E-state index contributed by atoms with van der Waals surface area (Å²) in [6.45, 7) is 12.3. The Morgan fingerprint density at radius 2 is 1.70 bits per heavy atom. The molecule has 0 bridgehead atoms. The summed E-state index contributed by atoms with van der Waals surface area (Å²) < 4.78 is 5.49. The molecule has 3 amide bonds. The fourth-order valence-electron chi connectivity index (χ4n) is 3.97. The van der Waals surface area contributed by atoms with E-state index < -0.39 is 0 Å². The smallest absolute Gasteiger partial charge is 0.243 e. The molecule has 33 heavy (non-hydrogen) atoms. The number of likely N-dealkylation sites (tertiary alicyclic amines) is 1. The van der Waals surface area contributed by atoms with Gasteiger partial charge in [-0.3, -0.25) is 19.3 Å². The van der Waals surface area contributed by atoms with Gasteiger partial charge in [0, 0.05) is 24.8 Å². The van der Waals surface area contributed by atoms with Crippen LogP contribution in [0.25, 0.3) is 0 Å². The third kappa shape index (κ3) is 8.78. The second-order valence-electron chi connectivity index (χ2n) is 9.08. The number of rotatable bonds is 11. The molecule has 1 aliphatic rings. The van der Waals surface area contributed by atoms with Gasteiger partial charge in [0.25, 0.3) is 0 Å². The van der Waals surface area contributed by atoms with Gasteiger partial charge in [0.2, 0.25) is 17.7 Å². The number of carbonyl (C=O) groups is 3. The lowest BCUT2D eigenvalue weighted by Crippen LogP contribution is -2.50. The summed E-state index contributed by atoms with van der Waals surface area (Å²) in [5.74, 6) is -0.369. The molecule has 8 heteroatoms. The highest BCUT2D eigenvalue weighted by molar-refractivity contribution is 5.96. The molecule has 1 atom stereocenters. The van der Waals surface area contributed by atoms with Gasteiger partial charge in [-0.15, -0.1) is 0 Å². The Bertz CT molecular complexity index is 783. The number of nitrogens with one attached hydrogen (secondary N) is 3. The maximum atomic E-state index is 12.6. The predicted molar refractivity (Wildman–Crippen MR) is 130 cm³/mol. The zero-order valence-electron chi connectivity index (χ0n) is 20.7. The molecule has 2 rings (SSSR count). The van der Waals surface area contributed by atoms with E-state index in [1.165, 1.54) is 0 Å². The van der Waals surface area contributed by atoms with E-state index in [0.29, 0.717) is 26.2 Å². The number of hydrogen-bond donors (Lipinski definition) is 3. The van der Waals surface area contributed by atoms with Crippen molar-refractivity contribution in [2.24, 2.45) is 5.92 Å². The van der Waals surface area contributed by atoms with Crippen molar-refractivity contribution in [2.45, 2.75) is 66.0 Å². The number of nitrogens with zero attached hydrogens (tertiary/aromatic N) is 1. The summed E-state index contributed by atoms with van der Waals surface area (Å²) in [7, 11) is 0. The van der Waals surface area contributed by atoms with Crippen LogP contribution >= 0.6 is 0 Å². The van der Waals surface area contributed by atoms with Gasteiger partial charge in [-0.1, -0.05) is 18.2 Å². The molecule has 184 valence electrons. The Morgan fingerprint density at radius 3 is 2.30 bits per heavy atom. The van der Waals surface area contributed by atoms with Crippen molar-refractivity contribution in [3.05, 3.63) is 29.3 Å². The number of benzene rings is 1. The van der Waals surface area contributed by atoms with Crippen LogP contribution in [0.1, 0.15) is 51.2 Å². The molecule has 3 N–H and O–H groups in total.